The first-order chi connectivity index (χ1) is 14.5. The summed E-state index contributed by atoms with van der Waals surface area (Å²) in [5.74, 6) is 0.224. The van der Waals surface area contributed by atoms with E-state index in [2.05, 4.69) is 46.4 Å². The van der Waals surface area contributed by atoms with Gasteiger partial charge in [-0.15, -0.1) is 11.3 Å². The van der Waals surface area contributed by atoms with Crippen LogP contribution >= 0.6 is 11.3 Å². The van der Waals surface area contributed by atoms with Crippen molar-refractivity contribution in [3.63, 3.8) is 0 Å². The molecule has 0 spiro atoms. The van der Waals surface area contributed by atoms with Gasteiger partial charge in [0.05, 0.1) is 18.2 Å². The first-order valence-corrected chi connectivity index (χ1v) is 11.8. The average Bonchev–Trinajstić information content (AvgIpc) is 3.48. The minimum Gasteiger partial charge on any atom is -0.352 e. The summed E-state index contributed by atoms with van der Waals surface area (Å²) in [5, 5.41) is 6.02. The van der Waals surface area contributed by atoms with Crippen LogP contribution in [-0.2, 0) is 22.4 Å². The van der Waals surface area contributed by atoms with Crippen molar-refractivity contribution in [3.05, 3.63) is 40.9 Å². The van der Waals surface area contributed by atoms with Gasteiger partial charge in [-0.1, -0.05) is 31.2 Å². The third-order valence-electron chi connectivity index (χ3n) is 6.01. The Kier molecular flexibility index (Phi) is 6.49. The van der Waals surface area contributed by atoms with Crippen LogP contribution in [0.2, 0.25) is 0 Å². The zero-order chi connectivity index (χ0) is 21.1. The highest BCUT2D eigenvalue weighted by molar-refractivity contribution is 7.13. The number of carbonyl (C=O) groups is 2. The molecule has 7 heteroatoms. The predicted octanol–water partition coefficient (Wildman–Crippen LogP) is 2.73. The summed E-state index contributed by atoms with van der Waals surface area (Å²) in [6.45, 7) is 6.89. The molecule has 1 N–H and O–H groups in total. The molecule has 1 saturated heterocycles. The van der Waals surface area contributed by atoms with Gasteiger partial charge in [0.1, 0.15) is 5.01 Å². The van der Waals surface area contributed by atoms with Gasteiger partial charge in [0.15, 0.2) is 0 Å². The number of aryl methyl sites for hydroxylation is 1. The number of piperazine rings is 1. The van der Waals surface area contributed by atoms with Crippen LogP contribution in [0.4, 0.5) is 0 Å². The van der Waals surface area contributed by atoms with E-state index in [1.54, 1.807) is 11.3 Å². The smallest absolute Gasteiger partial charge is 0.237 e. The van der Waals surface area contributed by atoms with Crippen LogP contribution in [0.1, 0.15) is 37.9 Å². The molecule has 6 nitrogen and oxygen atoms in total. The van der Waals surface area contributed by atoms with Crippen molar-refractivity contribution < 1.29 is 9.59 Å². The van der Waals surface area contributed by atoms with Crippen molar-refractivity contribution in [1.29, 1.82) is 0 Å². The molecule has 2 fully saturated rings. The zero-order valence-corrected chi connectivity index (χ0v) is 18.6. The Morgan fingerprint density at radius 2 is 1.87 bits per heavy atom. The molecule has 2 amide bonds. The van der Waals surface area contributed by atoms with E-state index in [1.807, 2.05) is 17.2 Å². The highest BCUT2D eigenvalue weighted by Crippen LogP contribution is 2.25. The Hall–Kier alpha value is -2.25. The van der Waals surface area contributed by atoms with E-state index < -0.39 is 0 Å². The van der Waals surface area contributed by atoms with Crippen molar-refractivity contribution in [3.8, 4) is 10.6 Å². The third kappa shape index (κ3) is 5.08. The third-order valence-corrected chi connectivity index (χ3v) is 6.95. The minimum atomic E-state index is -0.136. The summed E-state index contributed by atoms with van der Waals surface area (Å²) in [7, 11) is 0. The molecule has 1 saturated carbocycles. The second-order valence-corrected chi connectivity index (χ2v) is 9.10. The minimum absolute atomic E-state index is 0.110. The summed E-state index contributed by atoms with van der Waals surface area (Å²) < 4.78 is 0. The fourth-order valence-corrected chi connectivity index (χ4v) is 4.57. The van der Waals surface area contributed by atoms with Gasteiger partial charge in [-0.05, 0) is 31.7 Å². The first-order valence-electron chi connectivity index (χ1n) is 10.9. The summed E-state index contributed by atoms with van der Waals surface area (Å²) in [4.78, 5) is 33.8. The maximum atomic E-state index is 12.8. The lowest BCUT2D eigenvalue weighted by atomic mass is 10.1. The van der Waals surface area contributed by atoms with Crippen LogP contribution in [0.5, 0.6) is 0 Å². The number of benzene rings is 1. The lowest BCUT2D eigenvalue weighted by Gasteiger charge is -2.37. The van der Waals surface area contributed by atoms with Gasteiger partial charge in [-0.3, -0.25) is 14.5 Å². The molecule has 30 heavy (non-hydrogen) atoms. The van der Waals surface area contributed by atoms with Crippen molar-refractivity contribution in [2.45, 2.75) is 51.6 Å². The van der Waals surface area contributed by atoms with E-state index >= 15 is 0 Å². The van der Waals surface area contributed by atoms with Gasteiger partial charge in [-0.2, -0.15) is 0 Å². The molecule has 2 aliphatic rings. The number of hydrogen-bond acceptors (Lipinski definition) is 5. The highest BCUT2D eigenvalue weighted by atomic mass is 32.1. The number of rotatable bonds is 7. The number of nitrogens with zero attached hydrogens (tertiary/aromatic N) is 3. The Morgan fingerprint density at radius 3 is 2.50 bits per heavy atom. The molecule has 2 aromatic rings. The van der Waals surface area contributed by atoms with Crippen molar-refractivity contribution in [1.82, 2.24) is 20.1 Å². The second kappa shape index (κ2) is 9.27. The summed E-state index contributed by atoms with van der Waals surface area (Å²) >= 11 is 1.59. The molecule has 1 aliphatic heterocycles. The molecular weight excluding hydrogens is 396 g/mol. The van der Waals surface area contributed by atoms with Crippen LogP contribution in [0.15, 0.2) is 29.6 Å². The molecule has 1 unspecified atom stereocenters. The maximum absolute atomic E-state index is 12.8. The zero-order valence-electron chi connectivity index (χ0n) is 17.8. The number of aromatic nitrogens is 1. The van der Waals surface area contributed by atoms with Crippen LogP contribution < -0.4 is 5.32 Å². The fourth-order valence-electron chi connectivity index (χ4n) is 3.74. The van der Waals surface area contributed by atoms with E-state index in [4.69, 9.17) is 0 Å². The Labute approximate surface area is 182 Å². The van der Waals surface area contributed by atoms with Crippen LogP contribution in [0, 0.1) is 0 Å². The summed E-state index contributed by atoms with van der Waals surface area (Å²) in [6.07, 6.45) is 3.56. The molecule has 160 valence electrons. The molecule has 0 bridgehead atoms. The number of thiazole rings is 1. The topological polar surface area (TPSA) is 65.5 Å². The Balaban J connectivity index is 1.27. The standard InChI is InChI=1S/C23H30N4O2S/c1-3-17-4-6-18(7-5-17)23-25-20(15-30-23)14-21(28)27-12-10-26(11-13-27)16(2)22(29)24-19-8-9-19/h4-7,15-16,19H,3,8-14H2,1-2H3,(H,24,29). The second-order valence-electron chi connectivity index (χ2n) is 8.25. The number of nitrogens with one attached hydrogen (secondary N) is 1. The van der Waals surface area contributed by atoms with E-state index in [9.17, 15) is 9.59 Å². The molecule has 1 atom stereocenters. The van der Waals surface area contributed by atoms with Crippen LogP contribution in [-0.4, -0.2) is 64.9 Å². The molecule has 1 aromatic carbocycles. The quantitative estimate of drug-likeness (QED) is 0.739. The van der Waals surface area contributed by atoms with Crippen molar-refractivity contribution >= 4 is 23.2 Å². The van der Waals surface area contributed by atoms with Crippen LogP contribution in [0.3, 0.4) is 0 Å². The van der Waals surface area contributed by atoms with Gasteiger partial charge in [-0.25, -0.2) is 4.98 Å². The molecule has 2 heterocycles. The normalized spacial score (nSPS) is 18.3. The predicted molar refractivity (Wildman–Crippen MR) is 119 cm³/mol. The van der Waals surface area contributed by atoms with E-state index in [0.717, 1.165) is 48.6 Å². The Bertz CT molecular complexity index is 883. The number of carbonyl (C=O) groups excluding carboxylic acids is 2. The Morgan fingerprint density at radius 1 is 1.17 bits per heavy atom. The molecule has 0 radical (unpaired) electrons. The number of amides is 2. The monoisotopic (exact) mass is 426 g/mol. The first kappa shape index (κ1) is 21.0. The van der Waals surface area contributed by atoms with E-state index in [1.165, 1.54) is 5.56 Å². The van der Waals surface area contributed by atoms with E-state index in [-0.39, 0.29) is 17.9 Å². The van der Waals surface area contributed by atoms with Crippen LogP contribution in [0.25, 0.3) is 10.6 Å². The lowest BCUT2D eigenvalue weighted by molar-refractivity contribution is -0.133. The lowest BCUT2D eigenvalue weighted by Crippen LogP contribution is -2.55. The molecule has 4 rings (SSSR count). The van der Waals surface area contributed by atoms with Crippen molar-refractivity contribution in [2.24, 2.45) is 0 Å². The largest absolute Gasteiger partial charge is 0.352 e. The summed E-state index contributed by atoms with van der Waals surface area (Å²) in [6, 6.07) is 8.71. The maximum Gasteiger partial charge on any atom is 0.237 e. The summed E-state index contributed by atoms with van der Waals surface area (Å²) in [5.41, 5.74) is 3.24. The fraction of sp³-hybridized carbons (Fsp3) is 0.522. The van der Waals surface area contributed by atoms with Crippen molar-refractivity contribution in [2.75, 3.05) is 26.2 Å². The van der Waals surface area contributed by atoms with E-state index in [0.29, 0.717) is 25.6 Å². The van der Waals surface area contributed by atoms with Gasteiger partial charge in [0.2, 0.25) is 11.8 Å². The molecular formula is C23H30N4O2S. The average molecular weight is 427 g/mol. The molecule has 1 aliphatic carbocycles. The van der Waals surface area contributed by atoms with Gasteiger partial charge < -0.3 is 10.2 Å². The van der Waals surface area contributed by atoms with Gasteiger partial charge >= 0.3 is 0 Å². The SMILES string of the molecule is CCc1ccc(-c2nc(CC(=O)N3CCN(C(C)C(=O)NC4CC4)CC3)cs2)cc1. The number of hydrogen-bond donors (Lipinski definition) is 1. The van der Waals surface area contributed by atoms with Gasteiger partial charge in [0, 0.05) is 43.2 Å². The van der Waals surface area contributed by atoms with Gasteiger partial charge in [0.25, 0.3) is 0 Å². The molecule has 1 aromatic heterocycles. The highest BCUT2D eigenvalue weighted by Gasteiger charge is 2.31.